The van der Waals surface area contributed by atoms with Crippen molar-refractivity contribution < 1.29 is 0 Å². The summed E-state index contributed by atoms with van der Waals surface area (Å²) in [4.78, 5) is 0. The molecular weight excluding hydrogens is 145 g/mol. The summed E-state index contributed by atoms with van der Waals surface area (Å²) in [5, 5.41) is 0.870. The van der Waals surface area contributed by atoms with Gasteiger partial charge in [0, 0.05) is 0 Å². The van der Waals surface area contributed by atoms with Gasteiger partial charge in [0.25, 0.3) is 0 Å². The second-order valence-electron chi connectivity index (χ2n) is 2.30. The molecule has 0 aromatic heterocycles. The second kappa shape index (κ2) is 2.64. The van der Waals surface area contributed by atoms with E-state index >= 15 is 0 Å². The Morgan fingerprint density at radius 1 is 0.900 bits per heavy atom. The maximum absolute atomic E-state index is 5.55. The van der Waals surface area contributed by atoms with Crippen molar-refractivity contribution in [1.29, 1.82) is 0 Å². The summed E-state index contributed by atoms with van der Waals surface area (Å²) in [6.45, 7) is 0. The number of hydrogen-bond acceptors (Lipinski definition) is 3. The Balaban J connectivity index is 2.97. The molecule has 1 aromatic carbocycles. The molecule has 0 unspecified atom stereocenters. The van der Waals surface area contributed by atoms with Crippen LogP contribution in [0.5, 0.6) is 0 Å². The molecule has 0 heterocycles. The molecule has 0 fully saturated rings. The molecule has 1 aromatic rings. The van der Waals surface area contributed by atoms with E-state index in [0.29, 0.717) is 0 Å². The predicted octanol–water partition coefficient (Wildman–Crippen LogP) is -0.317. The summed E-state index contributed by atoms with van der Waals surface area (Å²) in [6.07, 6.45) is 0. The van der Waals surface area contributed by atoms with Crippen molar-refractivity contribution in [3.63, 3.8) is 0 Å². The van der Waals surface area contributed by atoms with Crippen LogP contribution in [0.1, 0.15) is 0 Å². The van der Waals surface area contributed by atoms with E-state index in [2.05, 4.69) is 0 Å². The average Bonchev–Trinajstić information content (AvgIpc) is 1.88. The molecule has 0 spiro atoms. The van der Waals surface area contributed by atoms with Gasteiger partial charge in [-0.3, -0.25) is 0 Å². The van der Waals surface area contributed by atoms with Gasteiger partial charge in [-0.1, -0.05) is 0 Å². The monoisotopic (exact) mass is 157 g/mol. The van der Waals surface area contributed by atoms with E-state index in [1.54, 1.807) is 0 Å². The SMILES string of the molecule is N[PH](N)(N)c1ccccc1. The molecule has 0 aliphatic carbocycles. The van der Waals surface area contributed by atoms with Crippen LogP contribution >= 0.6 is 7.71 Å². The molecule has 0 saturated carbocycles. The van der Waals surface area contributed by atoms with Gasteiger partial charge in [-0.2, -0.15) is 0 Å². The zero-order valence-corrected chi connectivity index (χ0v) is 6.62. The number of nitrogens with two attached hydrogens (primary N) is 3. The van der Waals surface area contributed by atoms with Gasteiger partial charge < -0.3 is 0 Å². The van der Waals surface area contributed by atoms with E-state index in [-0.39, 0.29) is 0 Å². The van der Waals surface area contributed by atoms with Crippen molar-refractivity contribution in [3.05, 3.63) is 30.3 Å². The first kappa shape index (κ1) is 7.63. The van der Waals surface area contributed by atoms with Crippen molar-refractivity contribution in [2.24, 2.45) is 16.5 Å². The Morgan fingerprint density at radius 3 is 1.70 bits per heavy atom. The van der Waals surface area contributed by atoms with E-state index in [0.717, 1.165) is 5.30 Å². The topological polar surface area (TPSA) is 78.1 Å². The molecule has 0 radical (unpaired) electrons. The molecule has 10 heavy (non-hydrogen) atoms. The maximum atomic E-state index is 5.55. The van der Waals surface area contributed by atoms with E-state index in [1.165, 1.54) is 0 Å². The number of rotatable bonds is 1. The molecule has 3 nitrogen and oxygen atoms in total. The molecule has 0 bridgehead atoms. The Morgan fingerprint density at radius 2 is 1.40 bits per heavy atom. The van der Waals surface area contributed by atoms with E-state index in [9.17, 15) is 0 Å². The molecule has 4 heteroatoms. The molecule has 0 aliphatic rings. The molecule has 1 rings (SSSR count). The molecule has 0 atom stereocenters. The van der Waals surface area contributed by atoms with Crippen LogP contribution in [0.2, 0.25) is 0 Å². The fourth-order valence-electron chi connectivity index (χ4n) is 0.727. The molecule has 6 N–H and O–H groups in total. The van der Waals surface area contributed by atoms with Crippen molar-refractivity contribution in [3.8, 4) is 0 Å². The van der Waals surface area contributed by atoms with Crippen LogP contribution in [0.15, 0.2) is 30.3 Å². The van der Waals surface area contributed by atoms with Gasteiger partial charge >= 0.3 is 59.9 Å². The van der Waals surface area contributed by atoms with E-state index in [4.69, 9.17) is 16.5 Å². The average molecular weight is 157 g/mol. The van der Waals surface area contributed by atoms with Gasteiger partial charge in [0.15, 0.2) is 0 Å². The van der Waals surface area contributed by atoms with Gasteiger partial charge in [-0.25, -0.2) is 0 Å². The van der Waals surface area contributed by atoms with Gasteiger partial charge in [-0.05, 0) is 0 Å². The van der Waals surface area contributed by atoms with Gasteiger partial charge in [0.1, 0.15) is 0 Å². The Labute approximate surface area is 60.7 Å². The van der Waals surface area contributed by atoms with Crippen molar-refractivity contribution in [2.45, 2.75) is 0 Å². The van der Waals surface area contributed by atoms with Crippen LogP contribution in [0.3, 0.4) is 0 Å². The van der Waals surface area contributed by atoms with E-state index < -0.39 is 7.71 Å². The molecule has 56 valence electrons. The zero-order valence-electron chi connectivity index (χ0n) is 5.62. The molecular formula is C6H12N3P. The van der Waals surface area contributed by atoms with Crippen molar-refractivity contribution >= 4 is 13.0 Å². The summed E-state index contributed by atoms with van der Waals surface area (Å²) in [6, 6.07) is 9.37. The van der Waals surface area contributed by atoms with E-state index in [1.807, 2.05) is 30.3 Å². The summed E-state index contributed by atoms with van der Waals surface area (Å²) >= 11 is 0. The summed E-state index contributed by atoms with van der Waals surface area (Å²) in [5.41, 5.74) is 16.7. The second-order valence-corrected chi connectivity index (χ2v) is 4.74. The Hall–Kier alpha value is -0.470. The zero-order chi connectivity index (χ0) is 7.61. The van der Waals surface area contributed by atoms with Crippen LogP contribution < -0.4 is 21.8 Å². The van der Waals surface area contributed by atoms with Crippen molar-refractivity contribution in [2.75, 3.05) is 0 Å². The van der Waals surface area contributed by atoms with Crippen LogP contribution in [-0.2, 0) is 0 Å². The first-order chi connectivity index (χ1) is 4.61. The Kier molecular flexibility index (Phi) is 2.02. The third-order valence-corrected chi connectivity index (χ3v) is 2.61. The number of hydrogen-bond donors (Lipinski definition) is 3. The summed E-state index contributed by atoms with van der Waals surface area (Å²) in [7, 11) is -2.53. The fraction of sp³-hybridized carbons (Fsp3) is 0. The van der Waals surface area contributed by atoms with Crippen LogP contribution in [0.4, 0.5) is 0 Å². The first-order valence-electron chi connectivity index (χ1n) is 3.03. The van der Waals surface area contributed by atoms with Crippen LogP contribution in [-0.4, -0.2) is 0 Å². The summed E-state index contributed by atoms with van der Waals surface area (Å²) < 4.78 is 0. The van der Waals surface area contributed by atoms with Gasteiger partial charge in [-0.15, -0.1) is 0 Å². The number of benzene rings is 1. The molecule has 0 aliphatic heterocycles. The standard InChI is InChI=1S/C6H12N3P/c7-10(8,9)6-4-2-1-3-5-6/h1-5,10H,7-9H2. The van der Waals surface area contributed by atoms with Crippen molar-refractivity contribution in [1.82, 2.24) is 0 Å². The van der Waals surface area contributed by atoms with Crippen LogP contribution in [0, 0.1) is 0 Å². The Bertz CT molecular complexity index is 204. The van der Waals surface area contributed by atoms with Gasteiger partial charge in [0.05, 0.1) is 0 Å². The summed E-state index contributed by atoms with van der Waals surface area (Å²) in [5.74, 6) is 0. The third kappa shape index (κ3) is 1.75. The van der Waals surface area contributed by atoms with Gasteiger partial charge in [0.2, 0.25) is 0 Å². The van der Waals surface area contributed by atoms with Crippen LogP contribution in [0.25, 0.3) is 0 Å². The minimum absolute atomic E-state index is 0.870. The third-order valence-electron chi connectivity index (χ3n) is 1.27. The fourth-order valence-corrected chi connectivity index (χ4v) is 1.50. The first-order valence-corrected chi connectivity index (χ1v) is 5.26. The quantitative estimate of drug-likeness (QED) is 0.489. The minimum atomic E-state index is -2.53. The normalized spacial score (nSPS) is 13.1. The predicted molar refractivity (Wildman–Crippen MR) is 47.0 cm³/mol. The molecule has 0 saturated heterocycles. The molecule has 0 amide bonds.